The van der Waals surface area contributed by atoms with E-state index in [4.69, 9.17) is 0 Å². The first-order chi connectivity index (χ1) is 16.4. The molecular weight excluding hydrogens is 508 g/mol. The Hall–Kier alpha value is -2.41. The van der Waals surface area contributed by atoms with Crippen LogP contribution in [-0.2, 0) is 16.6 Å². The molecule has 1 aliphatic heterocycles. The minimum absolute atomic E-state index is 0.347. The summed E-state index contributed by atoms with van der Waals surface area (Å²) in [6, 6.07) is 24.1. The molecule has 0 N–H and O–H groups in total. The molecule has 34 heavy (non-hydrogen) atoms. The standard InChI is InChI=1S/C28H29BrN2O2S/c1-20-7-3-4-8-23(20)19-31-21(2)28(26-9-5-6-10-27(26)31)22-15-17-30(18-16-22)34(32,33)25-13-11-24(29)12-14-25/h3-14,22H,15-19H2,1-2H3. The summed E-state index contributed by atoms with van der Waals surface area (Å²) in [5, 5.41) is 1.29. The molecule has 1 fully saturated rings. The number of nitrogens with zero attached hydrogens (tertiary/aromatic N) is 2. The Morgan fingerprint density at radius 3 is 2.24 bits per heavy atom. The lowest BCUT2D eigenvalue weighted by atomic mass is 9.88. The highest BCUT2D eigenvalue weighted by Crippen LogP contribution is 2.38. The molecule has 3 aromatic carbocycles. The van der Waals surface area contributed by atoms with Crippen molar-refractivity contribution < 1.29 is 8.42 Å². The van der Waals surface area contributed by atoms with Crippen molar-refractivity contribution in [3.05, 3.63) is 99.7 Å². The molecule has 1 saturated heterocycles. The molecule has 0 radical (unpaired) electrons. The summed E-state index contributed by atoms with van der Waals surface area (Å²) in [6.45, 7) is 6.31. The van der Waals surface area contributed by atoms with Crippen LogP contribution in [0.15, 0.2) is 82.2 Å². The Balaban J connectivity index is 1.43. The average Bonchev–Trinajstić information content (AvgIpc) is 3.12. The van der Waals surface area contributed by atoms with Gasteiger partial charge in [0, 0.05) is 40.7 Å². The van der Waals surface area contributed by atoms with Crippen molar-refractivity contribution in [3.8, 4) is 0 Å². The van der Waals surface area contributed by atoms with E-state index in [1.54, 1.807) is 28.6 Å². The highest BCUT2D eigenvalue weighted by molar-refractivity contribution is 9.10. The van der Waals surface area contributed by atoms with Gasteiger partial charge in [0.1, 0.15) is 0 Å². The van der Waals surface area contributed by atoms with Gasteiger partial charge in [-0.3, -0.25) is 0 Å². The van der Waals surface area contributed by atoms with Crippen molar-refractivity contribution >= 4 is 36.9 Å². The van der Waals surface area contributed by atoms with Gasteiger partial charge in [-0.1, -0.05) is 58.4 Å². The fourth-order valence-electron chi connectivity index (χ4n) is 5.28. The van der Waals surface area contributed by atoms with Gasteiger partial charge >= 0.3 is 0 Å². The summed E-state index contributed by atoms with van der Waals surface area (Å²) in [4.78, 5) is 0.361. The van der Waals surface area contributed by atoms with Crippen LogP contribution in [0.25, 0.3) is 10.9 Å². The summed E-state index contributed by atoms with van der Waals surface area (Å²) in [5.74, 6) is 0.347. The maximum Gasteiger partial charge on any atom is 0.243 e. The molecule has 176 valence electrons. The van der Waals surface area contributed by atoms with Gasteiger partial charge in [-0.2, -0.15) is 4.31 Å². The van der Waals surface area contributed by atoms with Crippen LogP contribution in [0.1, 0.15) is 41.1 Å². The number of benzene rings is 3. The molecule has 0 atom stereocenters. The van der Waals surface area contributed by atoms with Crippen molar-refractivity contribution in [2.45, 2.75) is 44.0 Å². The number of fused-ring (bicyclic) bond motifs is 1. The number of aryl methyl sites for hydroxylation is 1. The minimum atomic E-state index is -3.47. The zero-order valence-corrected chi connectivity index (χ0v) is 21.9. The Morgan fingerprint density at radius 1 is 0.882 bits per heavy atom. The number of piperidine rings is 1. The maximum absolute atomic E-state index is 13.2. The summed E-state index contributed by atoms with van der Waals surface area (Å²) < 4.78 is 31.3. The van der Waals surface area contributed by atoms with Crippen LogP contribution in [0.4, 0.5) is 0 Å². The lowest BCUT2D eigenvalue weighted by molar-refractivity contribution is 0.319. The third-order valence-corrected chi connectivity index (χ3v) is 9.62. The molecule has 1 aliphatic rings. The second kappa shape index (κ2) is 9.33. The number of sulfonamides is 1. The van der Waals surface area contributed by atoms with E-state index in [-0.39, 0.29) is 0 Å². The Labute approximate surface area is 210 Å². The van der Waals surface area contributed by atoms with Crippen LogP contribution in [0, 0.1) is 13.8 Å². The maximum atomic E-state index is 13.2. The summed E-state index contributed by atoms with van der Waals surface area (Å²) in [7, 11) is -3.47. The zero-order chi connectivity index (χ0) is 23.9. The smallest absolute Gasteiger partial charge is 0.243 e. The number of hydrogen-bond donors (Lipinski definition) is 0. The van der Waals surface area contributed by atoms with Gasteiger partial charge < -0.3 is 4.57 Å². The molecule has 4 aromatic rings. The highest BCUT2D eigenvalue weighted by Gasteiger charge is 2.32. The second-order valence-electron chi connectivity index (χ2n) is 9.16. The van der Waals surface area contributed by atoms with E-state index < -0.39 is 10.0 Å². The number of aromatic nitrogens is 1. The van der Waals surface area contributed by atoms with Crippen molar-refractivity contribution in [2.24, 2.45) is 0 Å². The van der Waals surface area contributed by atoms with Crippen molar-refractivity contribution in [3.63, 3.8) is 0 Å². The van der Waals surface area contributed by atoms with Crippen LogP contribution in [0.5, 0.6) is 0 Å². The van der Waals surface area contributed by atoms with E-state index in [2.05, 4.69) is 82.9 Å². The monoisotopic (exact) mass is 536 g/mol. The zero-order valence-electron chi connectivity index (χ0n) is 19.5. The molecule has 4 nitrogen and oxygen atoms in total. The first-order valence-corrected chi connectivity index (χ1v) is 14.0. The average molecular weight is 538 g/mol. The third kappa shape index (κ3) is 4.23. The van der Waals surface area contributed by atoms with Crippen LogP contribution in [0.3, 0.4) is 0 Å². The lowest BCUT2D eigenvalue weighted by Gasteiger charge is -2.31. The van der Waals surface area contributed by atoms with Gasteiger partial charge in [0.25, 0.3) is 0 Å². The molecule has 0 bridgehead atoms. The third-order valence-electron chi connectivity index (χ3n) is 7.18. The molecule has 0 saturated carbocycles. The Bertz CT molecular complexity index is 1430. The number of hydrogen-bond acceptors (Lipinski definition) is 2. The highest BCUT2D eigenvalue weighted by atomic mass is 79.9. The molecule has 0 unspecified atom stereocenters. The fourth-order valence-corrected chi connectivity index (χ4v) is 7.01. The summed E-state index contributed by atoms with van der Waals surface area (Å²) in [5.41, 5.74) is 6.55. The molecule has 1 aromatic heterocycles. The minimum Gasteiger partial charge on any atom is -0.340 e. The Morgan fingerprint density at radius 2 is 1.53 bits per heavy atom. The molecule has 0 spiro atoms. The second-order valence-corrected chi connectivity index (χ2v) is 12.0. The van der Waals surface area contributed by atoms with Gasteiger partial charge in [0.2, 0.25) is 10.0 Å². The van der Waals surface area contributed by atoms with Crippen LogP contribution in [0.2, 0.25) is 0 Å². The number of para-hydroxylation sites is 1. The van der Waals surface area contributed by atoms with Crippen molar-refractivity contribution in [2.75, 3.05) is 13.1 Å². The Kier molecular flexibility index (Phi) is 6.40. The predicted molar refractivity (Wildman–Crippen MR) is 142 cm³/mol. The van der Waals surface area contributed by atoms with Gasteiger partial charge in [-0.15, -0.1) is 0 Å². The van der Waals surface area contributed by atoms with E-state index >= 15 is 0 Å². The summed E-state index contributed by atoms with van der Waals surface area (Å²) >= 11 is 3.38. The molecule has 0 aliphatic carbocycles. The van der Waals surface area contributed by atoms with Gasteiger partial charge in [-0.05, 0) is 79.6 Å². The SMILES string of the molecule is Cc1ccccc1Cn1c(C)c(C2CCN(S(=O)(=O)c3ccc(Br)cc3)CC2)c2ccccc21. The molecule has 2 heterocycles. The number of rotatable bonds is 5. The quantitative estimate of drug-likeness (QED) is 0.287. The van der Waals surface area contributed by atoms with Crippen LogP contribution < -0.4 is 0 Å². The summed E-state index contributed by atoms with van der Waals surface area (Å²) in [6.07, 6.45) is 1.66. The van der Waals surface area contributed by atoms with E-state index in [0.29, 0.717) is 23.9 Å². The fraction of sp³-hybridized carbons (Fsp3) is 0.286. The van der Waals surface area contributed by atoms with E-state index in [1.165, 1.54) is 33.3 Å². The van der Waals surface area contributed by atoms with E-state index in [9.17, 15) is 8.42 Å². The van der Waals surface area contributed by atoms with Crippen LogP contribution >= 0.6 is 15.9 Å². The largest absolute Gasteiger partial charge is 0.340 e. The molecular formula is C28H29BrN2O2S. The van der Waals surface area contributed by atoms with E-state index in [1.807, 2.05) is 0 Å². The molecule has 6 heteroatoms. The first-order valence-electron chi connectivity index (χ1n) is 11.7. The molecule has 5 rings (SSSR count). The predicted octanol–water partition coefficient (Wildman–Crippen LogP) is 6.64. The normalized spacial score (nSPS) is 15.7. The van der Waals surface area contributed by atoms with E-state index in [0.717, 1.165) is 23.9 Å². The topological polar surface area (TPSA) is 42.3 Å². The lowest BCUT2D eigenvalue weighted by Crippen LogP contribution is -2.38. The van der Waals surface area contributed by atoms with Crippen molar-refractivity contribution in [1.82, 2.24) is 8.87 Å². The van der Waals surface area contributed by atoms with Gasteiger partial charge in [0.05, 0.1) is 4.90 Å². The first kappa shape index (κ1) is 23.3. The van der Waals surface area contributed by atoms with Gasteiger partial charge in [0.15, 0.2) is 0 Å². The number of halogens is 1. The molecule has 0 amide bonds. The van der Waals surface area contributed by atoms with Crippen molar-refractivity contribution in [1.29, 1.82) is 0 Å². The van der Waals surface area contributed by atoms with Crippen LogP contribution in [-0.4, -0.2) is 30.4 Å². The van der Waals surface area contributed by atoms with Gasteiger partial charge in [-0.25, -0.2) is 8.42 Å².